The zero-order valence-corrected chi connectivity index (χ0v) is 11.7. The molecule has 2 rings (SSSR count). The van der Waals surface area contributed by atoms with Crippen LogP contribution in [0.15, 0.2) is 6.07 Å². The molecule has 1 aromatic rings. The topological polar surface area (TPSA) is 66.4 Å². The Kier molecular flexibility index (Phi) is 3.35. The molecule has 19 heavy (non-hydrogen) atoms. The molecule has 2 N–H and O–H groups in total. The highest BCUT2D eigenvalue weighted by Gasteiger charge is 2.48. The molecule has 1 aliphatic carbocycles. The van der Waals surface area contributed by atoms with Gasteiger partial charge in [0.15, 0.2) is 0 Å². The van der Waals surface area contributed by atoms with Gasteiger partial charge in [-0.05, 0) is 56.4 Å². The SMILES string of the molecule is Cc1cc(C)c(C)c(NC(=O)C2CC2C(=O)O)c1C. The molecule has 0 saturated heterocycles. The number of nitrogens with one attached hydrogen (secondary N) is 1. The maximum atomic E-state index is 12.0. The van der Waals surface area contributed by atoms with Gasteiger partial charge in [-0.1, -0.05) is 6.07 Å². The Hall–Kier alpha value is -1.84. The van der Waals surface area contributed by atoms with Crippen molar-refractivity contribution in [1.82, 2.24) is 0 Å². The molecule has 1 aromatic carbocycles. The second-order valence-electron chi connectivity index (χ2n) is 5.41. The van der Waals surface area contributed by atoms with Crippen LogP contribution in [0.1, 0.15) is 28.7 Å². The summed E-state index contributed by atoms with van der Waals surface area (Å²) in [5.41, 5.74) is 5.18. The van der Waals surface area contributed by atoms with Crippen LogP contribution in [-0.4, -0.2) is 17.0 Å². The molecule has 4 nitrogen and oxygen atoms in total. The predicted octanol–water partition coefficient (Wildman–Crippen LogP) is 2.58. The maximum absolute atomic E-state index is 12.0. The van der Waals surface area contributed by atoms with Crippen molar-refractivity contribution in [1.29, 1.82) is 0 Å². The minimum Gasteiger partial charge on any atom is -0.481 e. The fraction of sp³-hybridized carbons (Fsp3) is 0.467. The number of benzene rings is 1. The zero-order valence-electron chi connectivity index (χ0n) is 11.7. The van der Waals surface area contributed by atoms with E-state index in [-0.39, 0.29) is 11.8 Å². The standard InChI is InChI=1S/C15H19NO3/c1-7-5-8(2)10(4)13(9(7)3)16-14(17)11-6-12(11)15(18)19/h5,11-12H,6H2,1-4H3,(H,16,17)(H,18,19). The number of hydrogen-bond acceptors (Lipinski definition) is 2. The van der Waals surface area contributed by atoms with Crippen LogP contribution in [0.4, 0.5) is 5.69 Å². The summed E-state index contributed by atoms with van der Waals surface area (Å²) in [4.78, 5) is 22.8. The van der Waals surface area contributed by atoms with Gasteiger partial charge in [-0.25, -0.2) is 0 Å². The molecule has 2 atom stereocenters. The number of amides is 1. The van der Waals surface area contributed by atoms with E-state index >= 15 is 0 Å². The van der Waals surface area contributed by atoms with Crippen LogP contribution < -0.4 is 5.32 Å². The average Bonchev–Trinajstić information content (AvgIpc) is 3.12. The lowest BCUT2D eigenvalue weighted by molar-refractivity contribution is -0.139. The molecule has 0 spiro atoms. The van der Waals surface area contributed by atoms with E-state index in [2.05, 4.69) is 11.4 Å². The number of carboxylic acids is 1. The summed E-state index contributed by atoms with van der Waals surface area (Å²) in [6.07, 6.45) is 0.448. The average molecular weight is 261 g/mol. The van der Waals surface area contributed by atoms with Gasteiger partial charge in [-0.2, -0.15) is 0 Å². The largest absolute Gasteiger partial charge is 0.481 e. The molecule has 0 radical (unpaired) electrons. The first kappa shape index (κ1) is 13.6. The smallest absolute Gasteiger partial charge is 0.307 e. The van der Waals surface area contributed by atoms with Crippen molar-refractivity contribution in [2.45, 2.75) is 34.1 Å². The minimum absolute atomic E-state index is 0.177. The second-order valence-corrected chi connectivity index (χ2v) is 5.41. The number of hydrogen-bond donors (Lipinski definition) is 2. The Morgan fingerprint density at radius 1 is 1.11 bits per heavy atom. The molecule has 1 aliphatic rings. The Bertz CT molecular complexity index is 537. The summed E-state index contributed by atoms with van der Waals surface area (Å²) in [6.45, 7) is 7.96. The first-order valence-electron chi connectivity index (χ1n) is 6.44. The van der Waals surface area contributed by atoms with E-state index in [0.29, 0.717) is 6.42 Å². The molecule has 0 bridgehead atoms. The van der Waals surface area contributed by atoms with Gasteiger partial charge in [-0.3, -0.25) is 9.59 Å². The molecule has 1 saturated carbocycles. The van der Waals surface area contributed by atoms with Crippen LogP contribution in [0.5, 0.6) is 0 Å². The molecule has 102 valence electrons. The molecular formula is C15H19NO3. The van der Waals surface area contributed by atoms with Crippen molar-refractivity contribution >= 4 is 17.6 Å². The highest BCUT2D eigenvalue weighted by Crippen LogP contribution is 2.40. The van der Waals surface area contributed by atoms with E-state index in [1.165, 1.54) is 0 Å². The first-order chi connectivity index (χ1) is 8.82. The lowest BCUT2D eigenvalue weighted by Gasteiger charge is -2.16. The lowest BCUT2D eigenvalue weighted by Crippen LogP contribution is -2.18. The van der Waals surface area contributed by atoms with Crippen LogP contribution in [0, 0.1) is 39.5 Å². The second kappa shape index (κ2) is 4.68. The molecule has 1 amide bonds. The Balaban J connectivity index is 2.21. The van der Waals surface area contributed by atoms with Crippen LogP contribution >= 0.6 is 0 Å². The van der Waals surface area contributed by atoms with Gasteiger partial charge in [0, 0.05) is 5.69 Å². The number of carbonyl (C=O) groups is 2. The summed E-state index contributed by atoms with van der Waals surface area (Å²) in [6, 6.07) is 2.09. The fourth-order valence-corrected chi connectivity index (χ4v) is 2.38. The Morgan fingerprint density at radius 3 is 2.05 bits per heavy atom. The Labute approximate surface area is 112 Å². The minimum atomic E-state index is -0.881. The summed E-state index contributed by atoms with van der Waals surface area (Å²) in [5, 5.41) is 11.8. The lowest BCUT2D eigenvalue weighted by atomic mass is 9.98. The molecule has 1 fully saturated rings. The van der Waals surface area contributed by atoms with Crippen LogP contribution in [0.2, 0.25) is 0 Å². The van der Waals surface area contributed by atoms with Crippen LogP contribution in [0.3, 0.4) is 0 Å². The third kappa shape index (κ3) is 2.48. The van der Waals surface area contributed by atoms with Gasteiger partial charge in [-0.15, -0.1) is 0 Å². The number of rotatable bonds is 3. The van der Waals surface area contributed by atoms with Crippen molar-refractivity contribution in [2.75, 3.05) is 5.32 Å². The van der Waals surface area contributed by atoms with Crippen molar-refractivity contribution in [3.05, 3.63) is 28.3 Å². The predicted molar refractivity (Wildman–Crippen MR) is 73.3 cm³/mol. The summed E-state index contributed by atoms with van der Waals surface area (Å²) < 4.78 is 0. The monoisotopic (exact) mass is 261 g/mol. The van der Waals surface area contributed by atoms with E-state index in [1.54, 1.807) is 0 Å². The van der Waals surface area contributed by atoms with Gasteiger partial charge >= 0.3 is 5.97 Å². The molecule has 0 aromatic heterocycles. The third-order valence-electron chi connectivity index (χ3n) is 4.06. The van der Waals surface area contributed by atoms with Crippen LogP contribution in [0.25, 0.3) is 0 Å². The van der Waals surface area contributed by atoms with E-state index in [4.69, 9.17) is 5.11 Å². The van der Waals surface area contributed by atoms with Gasteiger partial charge in [0.25, 0.3) is 0 Å². The van der Waals surface area contributed by atoms with Crippen molar-refractivity contribution in [3.63, 3.8) is 0 Å². The van der Waals surface area contributed by atoms with E-state index in [1.807, 2.05) is 27.7 Å². The molecule has 2 unspecified atom stereocenters. The summed E-state index contributed by atoms with van der Waals surface area (Å²) in [7, 11) is 0. The zero-order chi connectivity index (χ0) is 14.3. The first-order valence-corrected chi connectivity index (χ1v) is 6.44. The highest BCUT2D eigenvalue weighted by atomic mass is 16.4. The fourth-order valence-electron chi connectivity index (χ4n) is 2.38. The van der Waals surface area contributed by atoms with Crippen molar-refractivity contribution in [3.8, 4) is 0 Å². The van der Waals surface area contributed by atoms with Gasteiger partial charge < -0.3 is 10.4 Å². The van der Waals surface area contributed by atoms with Gasteiger partial charge in [0.2, 0.25) is 5.91 Å². The summed E-state index contributed by atoms with van der Waals surface area (Å²) >= 11 is 0. The third-order valence-corrected chi connectivity index (χ3v) is 4.06. The number of carboxylic acid groups (broad SMARTS) is 1. The van der Waals surface area contributed by atoms with E-state index in [9.17, 15) is 9.59 Å². The normalized spacial score (nSPS) is 21.1. The number of anilines is 1. The van der Waals surface area contributed by atoms with Gasteiger partial charge in [0.05, 0.1) is 11.8 Å². The Morgan fingerprint density at radius 2 is 1.63 bits per heavy atom. The number of aryl methyl sites for hydroxylation is 2. The van der Waals surface area contributed by atoms with Crippen molar-refractivity contribution in [2.24, 2.45) is 11.8 Å². The molecule has 0 heterocycles. The molecule has 4 heteroatoms. The number of carbonyl (C=O) groups excluding carboxylic acids is 1. The van der Waals surface area contributed by atoms with E-state index < -0.39 is 11.9 Å². The van der Waals surface area contributed by atoms with Gasteiger partial charge in [0.1, 0.15) is 0 Å². The molecule has 0 aliphatic heterocycles. The summed E-state index contributed by atoms with van der Waals surface area (Å²) in [5.74, 6) is -1.94. The van der Waals surface area contributed by atoms with Crippen LogP contribution in [-0.2, 0) is 9.59 Å². The quantitative estimate of drug-likeness (QED) is 0.878. The maximum Gasteiger partial charge on any atom is 0.307 e. The van der Waals surface area contributed by atoms with E-state index in [0.717, 1.165) is 27.9 Å². The molecular weight excluding hydrogens is 242 g/mol. The highest BCUT2D eigenvalue weighted by molar-refractivity contribution is 5.99. The number of aliphatic carboxylic acids is 1. The van der Waals surface area contributed by atoms with Crippen molar-refractivity contribution < 1.29 is 14.7 Å².